The van der Waals surface area contributed by atoms with Crippen molar-refractivity contribution in [3.05, 3.63) is 84.9 Å². The highest BCUT2D eigenvalue weighted by Gasteiger charge is 2.50. The molecule has 3 aromatic carbocycles. The van der Waals surface area contributed by atoms with E-state index in [4.69, 9.17) is 14.2 Å². The summed E-state index contributed by atoms with van der Waals surface area (Å²) in [5.41, 5.74) is -2.17. The summed E-state index contributed by atoms with van der Waals surface area (Å²) >= 11 is 0. The minimum Gasteiger partial charge on any atom is -0.459 e. The number of carbonyl (C=O) groups excluding carboxylic acids is 1. The lowest BCUT2D eigenvalue weighted by Crippen LogP contribution is -2.59. The van der Waals surface area contributed by atoms with Gasteiger partial charge in [0.05, 0.1) is 36.0 Å². The Morgan fingerprint density at radius 1 is 0.757 bits per heavy atom. The van der Waals surface area contributed by atoms with Gasteiger partial charge in [-0.25, -0.2) is 0 Å². The zero-order valence-electron chi connectivity index (χ0n) is 44.7. The molecule has 0 unspecified atom stereocenters. The summed E-state index contributed by atoms with van der Waals surface area (Å²) in [4.78, 5) is 20.1. The van der Waals surface area contributed by atoms with Crippen molar-refractivity contribution in [2.45, 2.75) is 179 Å². The van der Waals surface area contributed by atoms with Gasteiger partial charge in [-0.15, -0.1) is 0 Å². The molecule has 0 saturated carbocycles. The maximum Gasteiger partial charge on any atom is 0.311 e. The van der Waals surface area contributed by atoms with Crippen molar-refractivity contribution in [2.75, 3.05) is 52.3 Å². The molecule has 70 heavy (non-hydrogen) atoms. The van der Waals surface area contributed by atoms with E-state index in [9.17, 15) is 30.3 Å². The van der Waals surface area contributed by atoms with Crippen molar-refractivity contribution in [1.29, 1.82) is 0 Å². The van der Waals surface area contributed by atoms with Gasteiger partial charge in [-0.2, -0.15) is 0 Å². The van der Waals surface area contributed by atoms with Crippen LogP contribution in [0.4, 0.5) is 5.69 Å². The average molecular weight is 993 g/mol. The van der Waals surface area contributed by atoms with E-state index in [1.165, 1.54) is 28.5 Å². The van der Waals surface area contributed by atoms with Crippen LogP contribution in [0.25, 0.3) is 0 Å². The Balaban J connectivity index is 1.32. The van der Waals surface area contributed by atoms with Crippen LogP contribution < -0.4 is 20.8 Å². The minimum atomic E-state index is -1.95. The number of rotatable bonds is 17. The smallest absolute Gasteiger partial charge is 0.311 e. The van der Waals surface area contributed by atoms with Gasteiger partial charge in [-0.3, -0.25) is 9.69 Å². The molecule has 2 heterocycles. The first-order valence-corrected chi connectivity index (χ1v) is 28.2. The summed E-state index contributed by atoms with van der Waals surface area (Å²) in [5, 5.41) is 64.1. The Labute approximate surface area is 422 Å². The van der Waals surface area contributed by atoms with Crippen molar-refractivity contribution in [2.24, 2.45) is 17.8 Å². The molecule has 0 spiro atoms. The van der Waals surface area contributed by atoms with E-state index in [1.54, 1.807) is 27.7 Å². The molecular formula is C57H91N3O9P+. The van der Waals surface area contributed by atoms with Crippen LogP contribution in [-0.4, -0.2) is 155 Å². The second-order valence-electron chi connectivity index (χ2n) is 21.9. The summed E-state index contributed by atoms with van der Waals surface area (Å²) in [6.45, 7) is 15.3. The fourth-order valence-electron chi connectivity index (χ4n) is 11.5. The second kappa shape index (κ2) is 25.8. The fourth-order valence-corrected chi connectivity index (χ4v) is 15.9. The molecule has 2 fully saturated rings. The van der Waals surface area contributed by atoms with E-state index in [2.05, 4.69) is 116 Å². The van der Waals surface area contributed by atoms with Crippen LogP contribution in [0.3, 0.4) is 0 Å². The third-order valence-electron chi connectivity index (χ3n) is 15.7. The Hall–Kier alpha value is -3.00. The van der Waals surface area contributed by atoms with Gasteiger partial charge in [0, 0.05) is 44.3 Å². The number of cyclic esters (lactones) is 1. The normalized spacial score (nSPS) is 33.3. The maximum atomic E-state index is 13.8. The maximum absolute atomic E-state index is 13.8. The Bertz CT molecular complexity index is 1970. The van der Waals surface area contributed by atoms with Crippen molar-refractivity contribution in [3.8, 4) is 0 Å². The van der Waals surface area contributed by atoms with Gasteiger partial charge in [0.15, 0.2) is 6.29 Å². The molecule has 5 N–H and O–H groups in total. The lowest BCUT2D eigenvalue weighted by molar-refractivity contribution is -0.299. The number of carbonyl (C=O) groups is 1. The Morgan fingerprint density at radius 3 is 1.84 bits per heavy atom. The van der Waals surface area contributed by atoms with Crippen molar-refractivity contribution in [1.82, 2.24) is 9.80 Å². The molecule has 2 saturated heterocycles. The topological polar surface area (TPSA) is 156 Å². The van der Waals surface area contributed by atoms with Crippen molar-refractivity contribution < 1.29 is 44.5 Å². The molecule has 0 amide bonds. The number of unbranched alkanes of at least 4 members (excludes halogenated alkanes) is 5. The monoisotopic (exact) mass is 993 g/mol. The fraction of sp³-hybridized carbons (Fsp3) is 0.667. The molecule has 0 aromatic heterocycles. The van der Waals surface area contributed by atoms with E-state index in [-0.39, 0.29) is 30.9 Å². The molecule has 2 aliphatic rings. The van der Waals surface area contributed by atoms with Crippen LogP contribution in [0, 0.1) is 17.8 Å². The third-order valence-corrected chi connectivity index (χ3v) is 20.2. The molecule has 12 nitrogen and oxygen atoms in total. The number of ether oxygens (including phenoxy) is 3. The van der Waals surface area contributed by atoms with Gasteiger partial charge >= 0.3 is 5.97 Å². The van der Waals surface area contributed by atoms with Crippen molar-refractivity contribution >= 4 is 34.8 Å². The predicted molar refractivity (Wildman–Crippen MR) is 286 cm³/mol. The van der Waals surface area contributed by atoms with Crippen LogP contribution in [0.5, 0.6) is 0 Å². The quantitative estimate of drug-likeness (QED) is 0.0553. The van der Waals surface area contributed by atoms with Gasteiger partial charge in [0.1, 0.15) is 47.1 Å². The lowest BCUT2D eigenvalue weighted by atomic mass is 9.78. The lowest BCUT2D eigenvalue weighted by Gasteiger charge is -2.46. The summed E-state index contributed by atoms with van der Waals surface area (Å²) in [6, 6.07) is 30.5. The molecule has 0 aliphatic carbocycles. The van der Waals surface area contributed by atoms with Gasteiger partial charge in [0.2, 0.25) is 0 Å². The van der Waals surface area contributed by atoms with Crippen LogP contribution >= 0.6 is 7.26 Å². The summed E-state index contributed by atoms with van der Waals surface area (Å²) in [6.07, 6.45) is 1.27. The van der Waals surface area contributed by atoms with Gasteiger partial charge < -0.3 is 49.5 Å². The number of hydrogen-bond acceptors (Lipinski definition) is 12. The largest absolute Gasteiger partial charge is 0.459 e. The summed E-state index contributed by atoms with van der Waals surface area (Å²) < 4.78 is 18.7. The van der Waals surface area contributed by atoms with E-state index >= 15 is 0 Å². The van der Waals surface area contributed by atoms with Gasteiger partial charge in [-0.05, 0) is 148 Å². The highest BCUT2D eigenvalue weighted by atomic mass is 31.2. The number of anilines is 1. The Kier molecular flexibility index (Phi) is 21.3. The SMILES string of the molecule is CC[C@H]1OC(=O)[C@H](C)[C@@H](O)[C@H](C)[C@@H](O[C@@H]2O[C@H](C)C[C@H](N(C)C)[C@H]2O)[C@](C)(O)C[C@@H](C)CN(CCCCCCCC[P+](c2ccccc2)(c2ccccc2)c2ccc(N(C)C)cc2)[C@H](C)[C@@H](O)[C@]1(C)O. The third kappa shape index (κ3) is 14.0. The molecule has 2 aliphatic heterocycles. The second-order valence-corrected chi connectivity index (χ2v) is 25.5. The molecule has 13 heteroatoms. The molecule has 14 atom stereocenters. The zero-order chi connectivity index (χ0) is 51.6. The molecular weight excluding hydrogens is 902 g/mol. The number of hydrogen-bond donors (Lipinski definition) is 5. The molecule has 3 aromatic rings. The van der Waals surface area contributed by atoms with Crippen LogP contribution in [0.15, 0.2) is 84.9 Å². The average Bonchev–Trinajstić information content (AvgIpc) is 3.33. The molecule has 5 rings (SSSR count). The highest BCUT2D eigenvalue weighted by molar-refractivity contribution is 7.95. The van der Waals surface area contributed by atoms with Crippen LogP contribution in [0.2, 0.25) is 0 Å². The zero-order valence-corrected chi connectivity index (χ0v) is 45.5. The number of benzene rings is 3. The first-order chi connectivity index (χ1) is 33.1. The number of aliphatic hydroxyl groups excluding tert-OH is 3. The van der Waals surface area contributed by atoms with Crippen molar-refractivity contribution in [3.63, 3.8) is 0 Å². The van der Waals surface area contributed by atoms with E-state index in [0.717, 1.165) is 44.7 Å². The number of aliphatic hydroxyl groups is 5. The molecule has 392 valence electrons. The van der Waals surface area contributed by atoms with E-state index in [1.807, 2.05) is 32.8 Å². The van der Waals surface area contributed by atoms with Crippen LogP contribution in [0.1, 0.15) is 113 Å². The highest BCUT2D eigenvalue weighted by Crippen LogP contribution is 2.56. The standard InChI is InChI=1S/C57H91N3O9P/c1-13-49-57(8,66)52(63)43(6)60(38-39(2)37-56(7,65)53(41(4)50(61)42(5)54(64)68-49)69-55-51(62)48(59(11)12)36-40(3)67-55)34-24-16-14-15-17-25-35-70(45-26-20-18-21-27-45,46-28-22-19-23-29-46)47-32-30-44(31-33-47)58(9)10/h18-23,26-33,39-43,48-53,55,61-63,65-66H,13-17,24-25,34-38H2,1-12H3/q+1/t39-,40-,41+,42-,43-,48+,49-,50+,51-,52-,53-,55+,56-,57-/m1/s1. The number of esters is 1. The predicted octanol–water partition coefficient (Wildman–Crippen LogP) is 6.75. The Morgan fingerprint density at radius 2 is 1.30 bits per heavy atom. The van der Waals surface area contributed by atoms with E-state index < -0.39 is 79.1 Å². The van der Waals surface area contributed by atoms with E-state index in [0.29, 0.717) is 19.5 Å². The number of likely N-dealkylation sites (N-methyl/N-ethyl adjacent to an activating group) is 1. The molecule has 0 bridgehead atoms. The van der Waals surface area contributed by atoms with Gasteiger partial charge in [-0.1, -0.05) is 76.4 Å². The van der Waals surface area contributed by atoms with Gasteiger partial charge in [0.25, 0.3) is 0 Å². The summed E-state index contributed by atoms with van der Waals surface area (Å²) in [7, 11) is 6.01. The molecule has 0 radical (unpaired) electrons. The van der Waals surface area contributed by atoms with Crippen LogP contribution in [-0.2, 0) is 19.0 Å². The first kappa shape index (κ1) is 57.9. The first-order valence-electron chi connectivity index (χ1n) is 26.2. The number of nitrogens with zero attached hydrogens (tertiary/aromatic N) is 3. The summed E-state index contributed by atoms with van der Waals surface area (Å²) in [5.74, 6) is -2.76. The minimum absolute atomic E-state index is 0.144.